The normalized spacial score (nSPS) is 20.4. The van der Waals surface area contributed by atoms with Crippen molar-refractivity contribution in [2.24, 2.45) is 5.92 Å². The van der Waals surface area contributed by atoms with E-state index < -0.39 is 0 Å². The van der Waals surface area contributed by atoms with Crippen molar-refractivity contribution in [1.29, 1.82) is 0 Å². The summed E-state index contributed by atoms with van der Waals surface area (Å²) in [6, 6.07) is 3.60. The van der Waals surface area contributed by atoms with Crippen LogP contribution in [0, 0.1) is 12.8 Å². The largest absolute Gasteiger partial charge is 0.396 e. The van der Waals surface area contributed by atoms with E-state index in [1.54, 1.807) is 12.3 Å². The van der Waals surface area contributed by atoms with Crippen LogP contribution < -0.4 is 0 Å². The third kappa shape index (κ3) is 2.64. The number of aliphatic hydroxyl groups is 1. The molecule has 2 rings (SSSR count). The van der Waals surface area contributed by atoms with E-state index in [2.05, 4.69) is 4.98 Å². The summed E-state index contributed by atoms with van der Waals surface area (Å²) in [4.78, 5) is 18.3. The van der Waals surface area contributed by atoms with Gasteiger partial charge < -0.3 is 10.0 Å². The molecule has 1 aromatic rings. The lowest BCUT2D eigenvalue weighted by atomic mass is 9.98. The van der Waals surface area contributed by atoms with Gasteiger partial charge in [-0.2, -0.15) is 0 Å². The average Bonchev–Trinajstić information content (AvgIpc) is 2.38. The molecule has 1 N–H and O–H groups in total. The summed E-state index contributed by atoms with van der Waals surface area (Å²) in [6.07, 6.45) is 3.67. The lowest BCUT2D eigenvalue weighted by Gasteiger charge is -2.32. The summed E-state index contributed by atoms with van der Waals surface area (Å²) >= 11 is 0. The SMILES string of the molecule is Cc1ncccc1C(=O)N1CCCC(CO)C1. The first kappa shape index (κ1) is 12.0. The molecule has 4 heteroatoms. The number of aromatic nitrogens is 1. The van der Waals surface area contributed by atoms with E-state index in [4.69, 9.17) is 5.11 Å². The Morgan fingerprint density at radius 2 is 2.47 bits per heavy atom. The minimum Gasteiger partial charge on any atom is -0.396 e. The molecule has 0 aliphatic carbocycles. The zero-order valence-corrected chi connectivity index (χ0v) is 10.1. The van der Waals surface area contributed by atoms with Gasteiger partial charge in [-0.15, -0.1) is 0 Å². The molecule has 0 bridgehead atoms. The van der Waals surface area contributed by atoms with E-state index in [0.717, 1.165) is 25.1 Å². The molecule has 2 heterocycles. The third-order valence-corrected chi connectivity index (χ3v) is 3.30. The van der Waals surface area contributed by atoms with Gasteiger partial charge in [0.25, 0.3) is 5.91 Å². The van der Waals surface area contributed by atoms with Gasteiger partial charge in [0, 0.05) is 31.6 Å². The number of carbonyl (C=O) groups excluding carboxylic acids is 1. The van der Waals surface area contributed by atoms with Gasteiger partial charge in [-0.25, -0.2) is 0 Å². The van der Waals surface area contributed by atoms with Gasteiger partial charge >= 0.3 is 0 Å². The molecule has 1 unspecified atom stereocenters. The summed E-state index contributed by atoms with van der Waals surface area (Å²) in [6.45, 7) is 3.45. The molecule has 92 valence electrons. The molecule has 17 heavy (non-hydrogen) atoms. The molecule has 0 saturated carbocycles. The summed E-state index contributed by atoms with van der Waals surface area (Å²) in [5.74, 6) is 0.262. The maximum Gasteiger partial charge on any atom is 0.255 e. The molecule has 4 nitrogen and oxygen atoms in total. The van der Waals surface area contributed by atoms with Crippen LogP contribution in [0.1, 0.15) is 28.9 Å². The summed E-state index contributed by atoms with van der Waals surface area (Å²) in [7, 11) is 0. The number of amides is 1. The summed E-state index contributed by atoms with van der Waals surface area (Å²) in [5.41, 5.74) is 1.44. The molecular weight excluding hydrogens is 216 g/mol. The first-order valence-electron chi connectivity index (χ1n) is 6.04. The Kier molecular flexibility index (Phi) is 3.74. The molecule has 1 aliphatic heterocycles. The second kappa shape index (κ2) is 5.27. The molecule has 1 atom stereocenters. The Morgan fingerprint density at radius 3 is 3.18 bits per heavy atom. The first-order chi connectivity index (χ1) is 8.22. The van der Waals surface area contributed by atoms with Gasteiger partial charge in [0.05, 0.1) is 5.56 Å². The van der Waals surface area contributed by atoms with E-state index in [9.17, 15) is 4.79 Å². The standard InChI is InChI=1S/C13H18N2O2/c1-10-12(5-2-6-14-10)13(17)15-7-3-4-11(8-15)9-16/h2,5-6,11,16H,3-4,7-9H2,1H3. The first-order valence-corrected chi connectivity index (χ1v) is 6.04. The van der Waals surface area contributed by atoms with E-state index in [1.165, 1.54) is 0 Å². The van der Waals surface area contributed by atoms with Crippen molar-refractivity contribution in [2.45, 2.75) is 19.8 Å². The van der Waals surface area contributed by atoms with Crippen molar-refractivity contribution in [3.8, 4) is 0 Å². The number of aliphatic hydroxyl groups excluding tert-OH is 1. The number of rotatable bonds is 2. The van der Waals surface area contributed by atoms with Gasteiger partial charge in [0.1, 0.15) is 0 Å². The number of pyridine rings is 1. The van der Waals surface area contributed by atoms with Crippen LogP contribution in [0.2, 0.25) is 0 Å². The molecule has 1 aromatic heterocycles. The second-order valence-electron chi connectivity index (χ2n) is 4.58. The van der Waals surface area contributed by atoms with Gasteiger partial charge in [-0.1, -0.05) is 0 Å². The number of hydrogen-bond acceptors (Lipinski definition) is 3. The number of aryl methyl sites for hydroxylation is 1. The summed E-state index contributed by atoms with van der Waals surface area (Å²) in [5, 5.41) is 9.17. The molecule has 0 aromatic carbocycles. The molecule has 0 spiro atoms. The highest BCUT2D eigenvalue weighted by molar-refractivity contribution is 5.95. The van der Waals surface area contributed by atoms with Gasteiger partial charge in [-0.05, 0) is 37.8 Å². The van der Waals surface area contributed by atoms with E-state index >= 15 is 0 Å². The number of likely N-dealkylation sites (tertiary alicyclic amines) is 1. The predicted octanol–water partition coefficient (Wildman–Crippen LogP) is 1.23. The number of hydrogen-bond donors (Lipinski definition) is 1. The minimum absolute atomic E-state index is 0.0359. The van der Waals surface area contributed by atoms with Crippen LogP contribution in [-0.4, -0.2) is 40.6 Å². The van der Waals surface area contributed by atoms with Crippen LogP contribution in [0.25, 0.3) is 0 Å². The van der Waals surface area contributed by atoms with E-state index in [-0.39, 0.29) is 18.4 Å². The fourth-order valence-electron chi connectivity index (χ4n) is 2.28. The Balaban J connectivity index is 2.12. The van der Waals surface area contributed by atoms with Crippen LogP contribution in [0.5, 0.6) is 0 Å². The maximum atomic E-state index is 12.3. The van der Waals surface area contributed by atoms with Gasteiger partial charge in [0.2, 0.25) is 0 Å². The molecule has 1 fully saturated rings. The lowest BCUT2D eigenvalue weighted by Crippen LogP contribution is -2.41. The predicted molar refractivity (Wildman–Crippen MR) is 64.7 cm³/mol. The number of piperidine rings is 1. The van der Waals surface area contributed by atoms with Crippen molar-refractivity contribution >= 4 is 5.91 Å². The Morgan fingerprint density at radius 1 is 1.65 bits per heavy atom. The molecule has 1 amide bonds. The van der Waals surface area contributed by atoms with Crippen molar-refractivity contribution < 1.29 is 9.90 Å². The average molecular weight is 234 g/mol. The highest BCUT2D eigenvalue weighted by atomic mass is 16.3. The smallest absolute Gasteiger partial charge is 0.255 e. The maximum absolute atomic E-state index is 12.3. The topological polar surface area (TPSA) is 53.4 Å². The van der Waals surface area contributed by atoms with E-state index in [1.807, 2.05) is 17.9 Å². The fraction of sp³-hybridized carbons (Fsp3) is 0.538. The van der Waals surface area contributed by atoms with Crippen molar-refractivity contribution in [3.63, 3.8) is 0 Å². The Bertz CT molecular complexity index is 406. The molecule has 1 aliphatic rings. The lowest BCUT2D eigenvalue weighted by molar-refractivity contribution is 0.0619. The van der Waals surface area contributed by atoms with Crippen molar-refractivity contribution in [1.82, 2.24) is 9.88 Å². The quantitative estimate of drug-likeness (QED) is 0.837. The Labute approximate surface area is 101 Å². The minimum atomic E-state index is 0.0359. The zero-order valence-electron chi connectivity index (χ0n) is 10.1. The van der Waals surface area contributed by atoms with Crippen molar-refractivity contribution in [3.05, 3.63) is 29.6 Å². The molecule has 0 radical (unpaired) electrons. The number of carbonyl (C=O) groups is 1. The second-order valence-corrected chi connectivity index (χ2v) is 4.58. The fourth-order valence-corrected chi connectivity index (χ4v) is 2.28. The molecule has 1 saturated heterocycles. The van der Waals surface area contributed by atoms with Crippen LogP contribution in [0.15, 0.2) is 18.3 Å². The number of nitrogens with zero attached hydrogens (tertiary/aromatic N) is 2. The third-order valence-electron chi connectivity index (χ3n) is 3.30. The van der Waals surface area contributed by atoms with Crippen LogP contribution in [0.4, 0.5) is 0 Å². The zero-order chi connectivity index (χ0) is 12.3. The van der Waals surface area contributed by atoms with E-state index in [0.29, 0.717) is 12.1 Å². The monoisotopic (exact) mass is 234 g/mol. The Hall–Kier alpha value is -1.42. The van der Waals surface area contributed by atoms with Gasteiger partial charge in [-0.3, -0.25) is 9.78 Å². The van der Waals surface area contributed by atoms with Crippen LogP contribution >= 0.6 is 0 Å². The van der Waals surface area contributed by atoms with Crippen molar-refractivity contribution in [2.75, 3.05) is 19.7 Å². The highest BCUT2D eigenvalue weighted by Crippen LogP contribution is 2.18. The molecular formula is C13H18N2O2. The summed E-state index contributed by atoms with van der Waals surface area (Å²) < 4.78 is 0. The van der Waals surface area contributed by atoms with Crippen LogP contribution in [-0.2, 0) is 0 Å². The highest BCUT2D eigenvalue weighted by Gasteiger charge is 2.24. The van der Waals surface area contributed by atoms with Crippen LogP contribution in [0.3, 0.4) is 0 Å². The van der Waals surface area contributed by atoms with Gasteiger partial charge in [0.15, 0.2) is 0 Å².